The van der Waals surface area contributed by atoms with Crippen molar-refractivity contribution in [2.45, 2.75) is 39.4 Å². The monoisotopic (exact) mass is 297 g/mol. The van der Waals surface area contributed by atoms with E-state index in [0.29, 0.717) is 12.5 Å². The van der Waals surface area contributed by atoms with Crippen molar-refractivity contribution < 1.29 is 9.47 Å². The van der Waals surface area contributed by atoms with Crippen LogP contribution in [0.5, 0.6) is 5.75 Å². The maximum atomic E-state index is 6.21. The molecular formula is C16H24ClNO2. The average molecular weight is 298 g/mol. The molecule has 1 aromatic rings. The lowest BCUT2D eigenvalue weighted by Gasteiger charge is -2.26. The lowest BCUT2D eigenvalue weighted by atomic mass is 10.0. The molecule has 0 unspecified atom stereocenters. The molecule has 0 amide bonds. The first-order valence-electron chi connectivity index (χ1n) is 7.31. The van der Waals surface area contributed by atoms with Gasteiger partial charge in [-0.1, -0.05) is 11.6 Å². The van der Waals surface area contributed by atoms with Gasteiger partial charge in [-0.2, -0.15) is 0 Å². The quantitative estimate of drug-likeness (QED) is 0.872. The lowest BCUT2D eigenvalue weighted by Crippen LogP contribution is -2.34. The first-order valence-corrected chi connectivity index (χ1v) is 7.69. The van der Waals surface area contributed by atoms with Gasteiger partial charge in [-0.25, -0.2) is 0 Å². The lowest BCUT2D eigenvalue weighted by molar-refractivity contribution is -0.00390. The number of halogens is 1. The maximum Gasteiger partial charge on any atom is 0.126 e. The van der Waals surface area contributed by atoms with Crippen molar-refractivity contribution in [1.82, 2.24) is 5.32 Å². The van der Waals surface area contributed by atoms with Gasteiger partial charge in [-0.3, -0.25) is 0 Å². The molecule has 20 heavy (non-hydrogen) atoms. The Bertz CT molecular complexity index is 430. The van der Waals surface area contributed by atoms with E-state index in [2.05, 4.69) is 19.2 Å². The molecule has 1 aliphatic heterocycles. The summed E-state index contributed by atoms with van der Waals surface area (Å²) in [6.45, 7) is 8.82. The number of hydrogen-bond donors (Lipinski definition) is 1. The second-order valence-corrected chi connectivity index (χ2v) is 6.14. The fourth-order valence-corrected chi connectivity index (χ4v) is 2.68. The summed E-state index contributed by atoms with van der Waals surface area (Å²) >= 11 is 5.99. The second-order valence-electron chi connectivity index (χ2n) is 5.70. The van der Waals surface area contributed by atoms with Crippen LogP contribution in [0, 0.1) is 12.8 Å². The van der Waals surface area contributed by atoms with Gasteiger partial charge < -0.3 is 14.8 Å². The summed E-state index contributed by atoms with van der Waals surface area (Å²) in [4.78, 5) is 0. The van der Waals surface area contributed by atoms with Crippen molar-refractivity contribution in [3.05, 3.63) is 28.8 Å². The van der Waals surface area contributed by atoms with Crippen LogP contribution in [0.2, 0.25) is 5.02 Å². The maximum absolute atomic E-state index is 6.21. The van der Waals surface area contributed by atoms with E-state index in [4.69, 9.17) is 21.1 Å². The number of rotatable bonds is 6. The molecule has 1 aliphatic rings. The number of hydrogen-bond acceptors (Lipinski definition) is 3. The van der Waals surface area contributed by atoms with E-state index in [0.717, 1.165) is 35.8 Å². The molecule has 1 saturated heterocycles. The molecule has 0 aromatic heterocycles. The summed E-state index contributed by atoms with van der Waals surface area (Å²) in [5.41, 5.74) is 1.07. The molecule has 4 heteroatoms. The predicted molar refractivity (Wildman–Crippen MR) is 82.7 cm³/mol. The summed E-state index contributed by atoms with van der Waals surface area (Å²) in [7, 11) is 0. The van der Waals surface area contributed by atoms with Crippen LogP contribution in [-0.4, -0.2) is 31.9 Å². The number of benzene rings is 1. The van der Waals surface area contributed by atoms with Crippen LogP contribution in [0.3, 0.4) is 0 Å². The van der Waals surface area contributed by atoms with Gasteiger partial charge in [0.1, 0.15) is 11.9 Å². The topological polar surface area (TPSA) is 30.5 Å². The van der Waals surface area contributed by atoms with Crippen LogP contribution in [0.15, 0.2) is 18.2 Å². The van der Waals surface area contributed by atoms with E-state index in [9.17, 15) is 0 Å². The first-order chi connectivity index (χ1) is 9.56. The summed E-state index contributed by atoms with van der Waals surface area (Å²) in [5, 5.41) is 4.14. The van der Waals surface area contributed by atoms with E-state index >= 15 is 0 Å². The van der Waals surface area contributed by atoms with Gasteiger partial charge in [0, 0.05) is 17.5 Å². The predicted octanol–water partition coefficient (Wildman–Crippen LogP) is 3.43. The average Bonchev–Trinajstić information content (AvgIpc) is 2.90. The standard InChI is InChI=1S/C16H24ClNO2/c1-11(2)19-10-16(13-6-7-18-9-13)20-15-5-4-14(17)8-12(15)3/h4-5,8,11,13,16,18H,6-7,9-10H2,1-3H3/t13-,16-/m1/s1. The Morgan fingerprint density at radius 3 is 2.80 bits per heavy atom. The summed E-state index contributed by atoms with van der Waals surface area (Å²) < 4.78 is 12.0. The Kier molecular flexibility index (Phi) is 5.70. The second kappa shape index (κ2) is 7.30. The summed E-state index contributed by atoms with van der Waals surface area (Å²) in [6.07, 6.45) is 1.45. The largest absolute Gasteiger partial charge is 0.487 e. The Balaban J connectivity index is 2.05. The third kappa shape index (κ3) is 4.37. The Hall–Kier alpha value is -0.770. The van der Waals surface area contributed by atoms with E-state index in [1.54, 1.807) is 0 Å². The molecular weight excluding hydrogens is 274 g/mol. The van der Waals surface area contributed by atoms with Crippen molar-refractivity contribution >= 4 is 11.6 Å². The zero-order valence-electron chi connectivity index (χ0n) is 12.5. The van der Waals surface area contributed by atoms with Crippen LogP contribution in [0.25, 0.3) is 0 Å². The van der Waals surface area contributed by atoms with Crippen LogP contribution in [0.4, 0.5) is 0 Å². The Morgan fingerprint density at radius 1 is 1.40 bits per heavy atom. The number of aryl methyl sites for hydroxylation is 1. The minimum atomic E-state index is 0.0901. The first kappa shape index (κ1) is 15.6. The molecule has 1 heterocycles. The van der Waals surface area contributed by atoms with Crippen molar-refractivity contribution in [2.24, 2.45) is 5.92 Å². The Morgan fingerprint density at radius 2 is 2.20 bits per heavy atom. The van der Waals surface area contributed by atoms with E-state index in [1.165, 1.54) is 0 Å². The van der Waals surface area contributed by atoms with Crippen LogP contribution in [-0.2, 0) is 4.74 Å². The highest BCUT2D eigenvalue weighted by molar-refractivity contribution is 6.30. The smallest absolute Gasteiger partial charge is 0.126 e. The van der Waals surface area contributed by atoms with Crippen LogP contribution in [0.1, 0.15) is 25.8 Å². The van der Waals surface area contributed by atoms with Crippen molar-refractivity contribution in [3.8, 4) is 5.75 Å². The fraction of sp³-hybridized carbons (Fsp3) is 0.625. The van der Waals surface area contributed by atoms with Gasteiger partial charge in [0.15, 0.2) is 0 Å². The molecule has 0 saturated carbocycles. The molecule has 3 nitrogen and oxygen atoms in total. The molecule has 0 aliphatic carbocycles. The molecule has 0 bridgehead atoms. The van der Waals surface area contributed by atoms with Crippen molar-refractivity contribution in [3.63, 3.8) is 0 Å². The Labute approximate surface area is 126 Å². The molecule has 1 N–H and O–H groups in total. The van der Waals surface area contributed by atoms with Gasteiger partial charge in [-0.15, -0.1) is 0 Å². The molecule has 1 fully saturated rings. The molecule has 2 atom stereocenters. The third-order valence-electron chi connectivity index (χ3n) is 3.63. The van der Waals surface area contributed by atoms with Crippen molar-refractivity contribution in [1.29, 1.82) is 0 Å². The van der Waals surface area contributed by atoms with Crippen LogP contribution >= 0.6 is 11.6 Å². The minimum Gasteiger partial charge on any atom is -0.487 e. The highest BCUT2D eigenvalue weighted by Crippen LogP contribution is 2.26. The fourth-order valence-electron chi connectivity index (χ4n) is 2.46. The summed E-state index contributed by atoms with van der Waals surface area (Å²) in [5.74, 6) is 1.41. The highest BCUT2D eigenvalue weighted by atomic mass is 35.5. The van der Waals surface area contributed by atoms with Gasteiger partial charge in [0.2, 0.25) is 0 Å². The number of nitrogens with one attached hydrogen (secondary N) is 1. The molecule has 0 spiro atoms. The zero-order chi connectivity index (χ0) is 14.5. The van der Waals surface area contributed by atoms with Gasteiger partial charge in [-0.05, 0) is 57.5 Å². The summed E-state index contributed by atoms with van der Waals surface area (Å²) in [6, 6.07) is 5.75. The van der Waals surface area contributed by atoms with E-state index in [1.807, 2.05) is 25.1 Å². The van der Waals surface area contributed by atoms with Crippen molar-refractivity contribution in [2.75, 3.05) is 19.7 Å². The van der Waals surface area contributed by atoms with Gasteiger partial charge in [0.25, 0.3) is 0 Å². The molecule has 0 radical (unpaired) electrons. The minimum absolute atomic E-state index is 0.0901. The van der Waals surface area contributed by atoms with E-state index < -0.39 is 0 Å². The number of ether oxygens (including phenoxy) is 2. The SMILES string of the molecule is Cc1cc(Cl)ccc1O[C@H](COC(C)C)[C@@H]1CCNC1. The molecule has 1 aromatic carbocycles. The van der Waals surface area contributed by atoms with E-state index in [-0.39, 0.29) is 12.2 Å². The molecule has 2 rings (SSSR count). The molecule has 112 valence electrons. The highest BCUT2D eigenvalue weighted by Gasteiger charge is 2.27. The van der Waals surface area contributed by atoms with Gasteiger partial charge in [0.05, 0.1) is 12.7 Å². The van der Waals surface area contributed by atoms with Gasteiger partial charge >= 0.3 is 0 Å². The zero-order valence-corrected chi connectivity index (χ0v) is 13.2. The normalized spacial score (nSPS) is 20.4. The third-order valence-corrected chi connectivity index (χ3v) is 3.87. The van der Waals surface area contributed by atoms with Crippen LogP contribution < -0.4 is 10.1 Å².